The minimum absolute atomic E-state index is 0.143. The lowest BCUT2D eigenvalue weighted by atomic mass is 9.87. The Bertz CT molecular complexity index is 412. The SMILES string of the molecule is CC1(C)CCCC1Nc1ccc(C(F)(F)F)nn1. The summed E-state index contributed by atoms with van der Waals surface area (Å²) in [5, 5.41) is 9.96. The zero-order valence-electron chi connectivity index (χ0n) is 10.4. The standard InChI is InChI=1S/C12H16F3N3/c1-11(2)7-3-4-8(11)16-10-6-5-9(17-18-10)12(13,14)15/h5-6,8H,3-4,7H2,1-2H3,(H,16,18). The number of halogens is 3. The predicted molar refractivity (Wildman–Crippen MR) is 62.1 cm³/mol. The number of aromatic nitrogens is 2. The Labute approximate surface area is 104 Å². The summed E-state index contributed by atoms with van der Waals surface area (Å²) in [5.74, 6) is 0.406. The van der Waals surface area contributed by atoms with Crippen molar-refractivity contribution in [1.82, 2.24) is 10.2 Å². The van der Waals surface area contributed by atoms with E-state index in [0.717, 1.165) is 25.3 Å². The molecule has 0 radical (unpaired) electrons. The van der Waals surface area contributed by atoms with E-state index in [2.05, 4.69) is 29.4 Å². The molecule has 1 saturated carbocycles. The average molecular weight is 259 g/mol. The smallest absolute Gasteiger partial charge is 0.365 e. The molecular weight excluding hydrogens is 243 g/mol. The van der Waals surface area contributed by atoms with Crippen molar-refractivity contribution in [1.29, 1.82) is 0 Å². The highest BCUT2D eigenvalue weighted by molar-refractivity contribution is 5.35. The van der Waals surface area contributed by atoms with Crippen LogP contribution in [-0.2, 0) is 6.18 Å². The summed E-state index contributed by atoms with van der Waals surface area (Å²) in [6, 6.07) is 2.53. The Morgan fingerprint density at radius 2 is 2.00 bits per heavy atom. The van der Waals surface area contributed by atoms with Gasteiger partial charge >= 0.3 is 6.18 Å². The van der Waals surface area contributed by atoms with Gasteiger partial charge in [-0.05, 0) is 30.4 Å². The minimum Gasteiger partial charge on any atom is -0.365 e. The van der Waals surface area contributed by atoms with Crippen LogP contribution in [0.5, 0.6) is 0 Å². The highest BCUT2D eigenvalue weighted by Crippen LogP contribution is 2.38. The number of anilines is 1. The zero-order chi connectivity index (χ0) is 13.4. The predicted octanol–water partition coefficient (Wildman–Crippen LogP) is 3.49. The van der Waals surface area contributed by atoms with E-state index >= 15 is 0 Å². The van der Waals surface area contributed by atoms with Gasteiger partial charge in [0.05, 0.1) is 0 Å². The molecule has 0 aromatic carbocycles. The Balaban J connectivity index is 2.07. The number of hydrogen-bond acceptors (Lipinski definition) is 3. The van der Waals surface area contributed by atoms with Gasteiger partial charge in [-0.15, -0.1) is 10.2 Å². The minimum atomic E-state index is -4.43. The van der Waals surface area contributed by atoms with Crippen molar-refractivity contribution in [3.63, 3.8) is 0 Å². The first-order valence-electron chi connectivity index (χ1n) is 5.96. The van der Waals surface area contributed by atoms with Gasteiger partial charge in [-0.2, -0.15) is 13.2 Å². The van der Waals surface area contributed by atoms with Gasteiger partial charge in [0.15, 0.2) is 5.69 Å². The molecule has 2 rings (SSSR count). The molecule has 1 fully saturated rings. The van der Waals surface area contributed by atoms with Crippen molar-refractivity contribution in [2.24, 2.45) is 5.41 Å². The lowest BCUT2D eigenvalue weighted by molar-refractivity contribution is -0.141. The Morgan fingerprint density at radius 3 is 2.44 bits per heavy atom. The highest BCUT2D eigenvalue weighted by atomic mass is 19.4. The van der Waals surface area contributed by atoms with Crippen LogP contribution < -0.4 is 5.32 Å². The van der Waals surface area contributed by atoms with Gasteiger partial charge in [0.25, 0.3) is 0 Å². The van der Waals surface area contributed by atoms with E-state index < -0.39 is 11.9 Å². The quantitative estimate of drug-likeness (QED) is 0.883. The van der Waals surface area contributed by atoms with Crippen molar-refractivity contribution in [3.8, 4) is 0 Å². The third kappa shape index (κ3) is 2.73. The second-order valence-corrected chi connectivity index (χ2v) is 5.38. The molecule has 1 aromatic rings. The maximum Gasteiger partial charge on any atom is 0.435 e. The number of hydrogen-bond donors (Lipinski definition) is 1. The van der Waals surface area contributed by atoms with E-state index in [1.807, 2.05) is 0 Å². The van der Waals surface area contributed by atoms with Crippen molar-refractivity contribution in [2.45, 2.75) is 45.3 Å². The Kier molecular flexibility index (Phi) is 3.21. The third-order valence-corrected chi connectivity index (χ3v) is 3.53. The molecule has 0 amide bonds. The van der Waals surface area contributed by atoms with Gasteiger partial charge in [-0.25, -0.2) is 0 Å². The number of nitrogens with zero attached hydrogens (tertiary/aromatic N) is 2. The molecule has 1 aliphatic rings. The van der Waals surface area contributed by atoms with Crippen LogP contribution in [0.25, 0.3) is 0 Å². The van der Waals surface area contributed by atoms with E-state index in [-0.39, 0.29) is 11.5 Å². The van der Waals surface area contributed by atoms with Crippen molar-refractivity contribution in [2.75, 3.05) is 5.32 Å². The van der Waals surface area contributed by atoms with Gasteiger partial charge in [0.2, 0.25) is 0 Å². The third-order valence-electron chi connectivity index (χ3n) is 3.53. The molecule has 0 bridgehead atoms. The van der Waals surface area contributed by atoms with Gasteiger partial charge in [0, 0.05) is 6.04 Å². The van der Waals surface area contributed by atoms with Crippen molar-refractivity contribution >= 4 is 5.82 Å². The summed E-state index contributed by atoms with van der Waals surface area (Å²) >= 11 is 0. The second kappa shape index (κ2) is 4.40. The fourth-order valence-electron chi connectivity index (χ4n) is 2.33. The summed E-state index contributed by atoms with van der Waals surface area (Å²) in [5.41, 5.74) is -0.816. The normalized spacial score (nSPS) is 23.1. The molecular formula is C12H16F3N3. The van der Waals surface area contributed by atoms with Crippen molar-refractivity contribution in [3.05, 3.63) is 17.8 Å². The Morgan fingerprint density at radius 1 is 1.28 bits per heavy atom. The number of alkyl halides is 3. The van der Waals surface area contributed by atoms with E-state index in [4.69, 9.17) is 0 Å². The fourth-order valence-corrected chi connectivity index (χ4v) is 2.33. The summed E-state index contributed by atoms with van der Waals surface area (Å²) in [7, 11) is 0. The average Bonchev–Trinajstić information content (AvgIpc) is 2.58. The zero-order valence-corrected chi connectivity index (χ0v) is 10.4. The fraction of sp³-hybridized carbons (Fsp3) is 0.667. The molecule has 1 unspecified atom stereocenters. The number of rotatable bonds is 2. The molecule has 3 nitrogen and oxygen atoms in total. The van der Waals surface area contributed by atoms with Crippen LogP contribution in [0.2, 0.25) is 0 Å². The molecule has 1 heterocycles. The largest absolute Gasteiger partial charge is 0.435 e. The maximum atomic E-state index is 12.3. The second-order valence-electron chi connectivity index (χ2n) is 5.38. The van der Waals surface area contributed by atoms with E-state index in [1.54, 1.807) is 0 Å². The van der Waals surface area contributed by atoms with Crippen LogP contribution in [0.1, 0.15) is 38.8 Å². The summed E-state index contributed by atoms with van der Waals surface area (Å²) in [4.78, 5) is 0. The summed E-state index contributed by atoms with van der Waals surface area (Å²) in [6.07, 6.45) is -1.19. The van der Waals surface area contributed by atoms with Crippen LogP contribution in [0, 0.1) is 5.41 Å². The van der Waals surface area contributed by atoms with Crippen LogP contribution in [0.15, 0.2) is 12.1 Å². The topological polar surface area (TPSA) is 37.8 Å². The van der Waals surface area contributed by atoms with Crippen LogP contribution in [0.3, 0.4) is 0 Å². The Hall–Kier alpha value is -1.33. The van der Waals surface area contributed by atoms with Crippen LogP contribution >= 0.6 is 0 Å². The van der Waals surface area contributed by atoms with Gasteiger partial charge in [0.1, 0.15) is 5.82 Å². The van der Waals surface area contributed by atoms with Gasteiger partial charge < -0.3 is 5.32 Å². The molecule has 0 spiro atoms. The lowest BCUT2D eigenvalue weighted by Crippen LogP contribution is -2.31. The first-order valence-corrected chi connectivity index (χ1v) is 5.96. The van der Waals surface area contributed by atoms with E-state index in [9.17, 15) is 13.2 Å². The lowest BCUT2D eigenvalue weighted by Gasteiger charge is -2.28. The summed E-state index contributed by atoms with van der Waals surface area (Å²) < 4.78 is 37.0. The molecule has 1 aliphatic carbocycles. The summed E-state index contributed by atoms with van der Waals surface area (Å²) in [6.45, 7) is 4.30. The van der Waals surface area contributed by atoms with E-state index in [0.29, 0.717) is 5.82 Å². The molecule has 6 heteroatoms. The molecule has 0 aliphatic heterocycles. The first kappa shape index (κ1) is 13.1. The van der Waals surface area contributed by atoms with Gasteiger partial charge in [-0.1, -0.05) is 20.3 Å². The molecule has 18 heavy (non-hydrogen) atoms. The number of nitrogens with one attached hydrogen (secondary N) is 1. The molecule has 0 saturated heterocycles. The van der Waals surface area contributed by atoms with E-state index in [1.165, 1.54) is 6.07 Å². The van der Waals surface area contributed by atoms with Crippen molar-refractivity contribution < 1.29 is 13.2 Å². The molecule has 100 valence electrons. The monoisotopic (exact) mass is 259 g/mol. The first-order chi connectivity index (χ1) is 8.29. The molecule has 1 atom stereocenters. The molecule has 1 aromatic heterocycles. The molecule has 1 N–H and O–H groups in total. The van der Waals surface area contributed by atoms with Gasteiger partial charge in [-0.3, -0.25) is 0 Å². The highest BCUT2D eigenvalue weighted by Gasteiger charge is 2.35. The van der Waals surface area contributed by atoms with Crippen LogP contribution in [-0.4, -0.2) is 16.2 Å². The maximum absolute atomic E-state index is 12.3. The van der Waals surface area contributed by atoms with Crippen LogP contribution in [0.4, 0.5) is 19.0 Å².